The normalized spacial score (nSPS) is 10.2. The van der Waals surface area contributed by atoms with Gasteiger partial charge in [0.2, 0.25) is 5.82 Å². The summed E-state index contributed by atoms with van der Waals surface area (Å²) in [5, 5.41) is 13.8. The van der Waals surface area contributed by atoms with E-state index in [9.17, 15) is 0 Å². The fourth-order valence-corrected chi connectivity index (χ4v) is 1.22. The van der Waals surface area contributed by atoms with Gasteiger partial charge in [-0.15, -0.1) is 10.2 Å². The van der Waals surface area contributed by atoms with E-state index in [-0.39, 0.29) is 6.61 Å². The lowest BCUT2D eigenvalue weighted by molar-refractivity contribution is 0.297. The van der Waals surface area contributed by atoms with Crippen LogP contribution in [-0.2, 0) is 6.61 Å². The number of nitrogens with two attached hydrogens (primary N) is 1. The molecule has 6 nitrogen and oxygen atoms in total. The highest BCUT2D eigenvalue weighted by Crippen LogP contribution is 2.25. The molecule has 0 aliphatic heterocycles. The third-order valence-electron chi connectivity index (χ3n) is 1.72. The quantitative estimate of drug-likeness (QED) is 0.761. The molecule has 0 aliphatic rings. The minimum atomic E-state index is 0.211. The Morgan fingerprint density at radius 3 is 3.00 bits per heavy atom. The lowest BCUT2D eigenvalue weighted by atomic mass is 10.3. The lowest BCUT2D eigenvalue weighted by Gasteiger charge is -2.06. The number of benzene rings is 1. The summed E-state index contributed by atoms with van der Waals surface area (Å²) in [5.41, 5.74) is 6.16. The third-order valence-corrected chi connectivity index (χ3v) is 1.95. The Labute approximate surface area is 90.4 Å². The SMILES string of the molecule is Nc1cc(Cl)ccc1OCc1nn[nH]n1. The van der Waals surface area contributed by atoms with Gasteiger partial charge in [0.1, 0.15) is 5.75 Å². The molecule has 0 amide bonds. The van der Waals surface area contributed by atoms with Crippen LogP contribution in [0.2, 0.25) is 5.02 Å². The smallest absolute Gasteiger partial charge is 0.211 e. The molecular formula is C8H8ClN5O. The zero-order valence-electron chi connectivity index (χ0n) is 7.64. The van der Waals surface area contributed by atoms with Crippen molar-refractivity contribution in [2.75, 3.05) is 5.73 Å². The monoisotopic (exact) mass is 225 g/mol. The highest BCUT2D eigenvalue weighted by atomic mass is 35.5. The van der Waals surface area contributed by atoms with Crippen LogP contribution < -0.4 is 10.5 Å². The van der Waals surface area contributed by atoms with Gasteiger partial charge in [0.05, 0.1) is 5.69 Å². The van der Waals surface area contributed by atoms with Crippen LogP contribution in [-0.4, -0.2) is 20.6 Å². The maximum atomic E-state index is 5.74. The van der Waals surface area contributed by atoms with Crippen molar-refractivity contribution < 1.29 is 4.74 Å². The van der Waals surface area contributed by atoms with E-state index in [4.69, 9.17) is 22.1 Å². The van der Waals surface area contributed by atoms with Crippen molar-refractivity contribution in [2.45, 2.75) is 6.61 Å². The summed E-state index contributed by atoms with van der Waals surface area (Å²) in [4.78, 5) is 0. The average molecular weight is 226 g/mol. The molecule has 3 N–H and O–H groups in total. The van der Waals surface area contributed by atoms with E-state index >= 15 is 0 Å². The molecule has 0 unspecified atom stereocenters. The summed E-state index contributed by atoms with van der Waals surface area (Å²) in [5.74, 6) is 1.01. The van der Waals surface area contributed by atoms with E-state index in [1.165, 1.54) is 0 Å². The Kier molecular flexibility index (Phi) is 2.68. The van der Waals surface area contributed by atoms with Crippen LogP contribution in [0.5, 0.6) is 5.75 Å². The maximum absolute atomic E-state index is 5.74. The van der Waals surface area contributed by atoms with E-state index in [0.717, 1.165) is 0 Å². The van der Waals surface area contributed by atoms with Crippen molar-refractivity contribution in [3.63, 3.8) is 0 Å². The van der Waals surface area contributed by atoms with E-state index in [2.05, 4.69) is 20.6 Å². The van der Waals surface area contributed by atoms with Gasteiger partial charge in [-0.05, 0) is 18.2 Å². The number of nitrogen functional groups attached to an aromatic ring is 1. The van der Waals surface area contributed by atoms with Crippen molar-refractivity contribution in [1.29, 1.82) is 0 Å². The number of hydrogen-bond acceptors (Lipinski definition) is 5. The molecule has 7 heteroatoms. The molecule has 0 spiro atoms. The van der Waals surface area contributed by atoms with Crippen LogP contribution in [0.3, 0.4) is 0 Å². The van der Waals surface area contributed by atoms with Crippen molar-refractivity contribution in [1.82, 2.24) is 20.6 Å². The third kappa shape index (κ3) is 2.35. The average Bonchev–Trinajstić information content (AvgIpc) is 2.69. The Bertz CT molecular complexity index is 444. The van der Waals surface area contributed by atoms with Crippen molar-refractivity contribution in [3.8, 4) is 5.75 Å². The van der Waals surface area contributed by atoms with Crippen LogP contribution in [0.25, 0.3) is 0 Å². The number of nitrogens with zero attached hydrogens (tertiary/aromatic N) is 3. The number of hydrogen-bond donors (Lipinski definition) is 2. The van der Waals surface area contributed by atoms with Gasteiger partial charge in [-0.2, -0.15) is 5.21 Å². The summed E-state index contributed by atoms with van der Waals surface area (Å²) >= 11 is 5.74. The van der Waals surface area contributed by atoms with Crippen molar-refractivity contribution in [2.24, 2.45) is 0 Å². The van der Waals surface area contributed by atoms with Gasteiger partial charge >= 0.3 is 0 Å². The first kappa shape index (κ1) is 9.72. The molecule has 2 aromatic rings. The predicted octanol–water partition coefficient (Wildman–Crippen LogP) is 1.01. The zero-order chi connectivity index (χ0) is 10.7. The van der Waals surface area contributed by atoms with E-state index in [1.807, 2.05) is 0 Å². The maximum Gasteiger partial charge on any atom is 0.211 e. The molecule has 1 aromatic carbocycles. The number of nitrogens with one attached hydrogen (secondary N) is 1. The molecule has 2 rings (SSSR count). The van der Waals surface area contributed by atoms with E-state index in [1.54, 1.807) is 18.2 Å². The number of tetrazole rings is 1. The highest BCUT2D eigenvalue weighted by Gasteiger charge is 2.03. The second-order valence-corrected chi connectivity index (χ2v) is 3.24. The molecular weight excluding hydrogens is 218 g/mol. The number of aromatic amines is 1. The van der Waals surface area contributed by atoms with Crippen molar-refractivity contribution in [3.05, 3.63) is 29.0 Å². The van der Waals surface area contributed by atoms with Crippen LogP contribution in [0.4, 0.5) is 5.69 Å². The number of ether oxygens (including phenoxy) is 1. The van der Waals surface area contributed by atoms with Crippen LogP contribution in [0.15, 0.2) is 18.2 Å². The molecule has 15 heavy (non-hydrogen) atoms. The summed E-state index contributed by atoms with van der Waals surface area (Å²) in [6, 6.07) is 5.01. The van der Waals surface area contributed by atoms with Gasteiger partial charge < -0.3 is 10.5 Å². The number of aromatic nitrogens is 4. The van der Waals surface area contributed by atoms with Crippen molar-refractivity contribution >= 4 is 17.3 Å². The van der Waals surface area contributed by atoms with Gasteiger partial charge in [-0.3, -0.25) is 0 Å². The molecule has 0 saturated carbocycles. The summed E-state index contributed by atoms with van der Waals surface area (Å²) in [6.45, 7) is 0.211. The summed E-state index contributed by atoms with van der Waals surface area (Å²) in [6.07, 6.45) is 0. The lowest BCUT2D eigenvalue weighted by Crippen LogP contribution is -2.00. The van der Waals surface area contributed by atoms with Crippen LogP contribution >= 0.6 is 11.6 Å². The van der Waals surface area contributed by atoms with Crippen LogP contribution in [0.1, 0.15) is 5.82 Å². The Morgan fingerprint density at radius 2 is 2.33 bits per heavy atom. The van der Waals surface area contributed by atoms with Gasteiger partial charge in [0.25, 0.3) is 0 Å². The number of H-pyrrole nitrogens is 1. The fourth-order valence-electron chi connectivity index (χ4n) is 1.04. The van der Waals surface area contributed by atoms with Gasteiger partial charge in [0.15, 0.2) is 6.61 Å². The first-order valence-corrected chi connectivity index (χ1v) is 4.53. The second kappa shape index (κ2) is 4.14. The number of anilines is 1. The molecule has 0 bridgehead atoms. The molecule has 1 aromatic heterocycles. The minimum absolute atomic E-state index is 0.211. The first-order chi connectivity index (χ1) is 7.25. The predicted molar refractivity (Wildman–Crippen MR) is 54.4 cm³/mol. The number of rotatable bonds is 3. The van der Waals surface area contributed by atoms with Gasteiger partial charge in [-0.1, -0.05) is 16.8 Å². The molecule has 0 aliphatic carbocycles. The Balaban J connectivity index is 2.05. The summed E-state index contributed by atoms with van der Waals surface area (Å²) < 4.78 is 5.37. The fraction of sp³-hybridized carbons (Fsp3) is 0.125. The van der Waals surface area contributed by atoms with Gasteiger partial charge in [-0.25, -0.2) is 0 Å². The van der Waals surface area contributed by atoms with Crippen LogP contribution in [0, 0.1) is 0 Å². The molecule has 78 valence electrons. The van der Waals surface area contributed by atoms with E-state index < -0.39 is 0 Å². The first-order valence-electron chi connectivity index (χ1n) is 4.16. The zero-order valence-corrected chi connectivity index (χ0v) is 8.40. The Hall–Kier alpha value is -1.82. The largest absolute Gasteiger partial charge is 0.483 e. The molecule has 1 heterocycles. The molecule has 0 fully saturated rings. The second-order valence-electron chi connectivity index (χ2n) is 2.80. The van der Waals surface area contributed by atoms with E-state index in [0.29, 0.717) is 22.3 Å². The topological polar surface area (TPSA) is 89.7 Å². The summed E-state index contributed by atoms with van der Waals surface area (Å²) in [7, 11) is 0. The van der Waals surface area contributed by atoms with Gasteiger partial charge in [0, 0.05) is 5.02 Å². The number of halogens is 1. The molecule has 0 atom stereocenters. The molecule has 0 saturated heterocycles. The highest BCUT2D eigenvalue weighted by molar-refractivity contribution is 6.30. The minimum Gasteiger partial charge on any atom is -0.483 e. The Morgan fingerprint density at radius 1 is 1.47 bits per heavy atom. The molecule has 0 radical (unpaired) electrons. The standard InChI is InChI=1S/C8H8ClN5O/c9-5-1-2-7(6(10)3-5)15-4-8-11-13-14-12-8/h1-3H,4,10H2,(H,11,12,13,14).